The zero-order valence-corrected chi connectivity index (χ0v) is 41.2. The summed E-state index contributed by atoms with van der Waals surface area (Å²) in [4.78, 5) is 78.7. The number of amides is 5. The first-order chi connectivity index (χ1) is 33.8. The van der Waals surface area contributed by atoms with E-state index >= 15 is 0 Å². The SMILES string of the molecule is CC12CCC(C)(CC(Nc3cccc(-c4sc(C(=O)O)c(OCC(=O)O)c4Cl)c3)C1)N2S(=O)(=O)Cc1cccc(NC(=O)N2CCC(c3ccc4c5c(cccc35)C(=O)N4C3CCC(=O)NC3=O)CC2)c1. The number of imide groups is 1. The number of rotatable bonds is 13. The molecule has 0 radical (unpaired) electrons. The summed E-state index contributed by atoms with van der Waals surface area (Å²) in [6, 6.07) is 22.6. The number of urea groups is 1. The number of aromatic carboxylic acids is 1. The average molecular weight is 1020 g/mol. The van der Waals surface area contributed by atoms with Gasteiger partial charge in [0.25, 0.3) is 5.91 Å². The molecule has 4 aromatic carbocycles. The molecule has 17 nitrogen and oxygen atoms in total. The number of hydrogen-bond acceptors (Lipinski definition) is 11. The summed E-state index contributed by atoms with van der Waals surface area (Å²) in [6.45, 7) is 4.18. The number of thiophene rings is 1. The lowest BCUT2D eigenvalue weighted by Gasteiger charge is -2.50. The van der Waals surface area contributed by atoms with Crippen molar-refractivity contribution in [2.45, 2.75) is 100 Å². The molecule has 4 saturated heterocycles. The Kier molecular flexibility index (Phi) is 12.4. The van der Waals surface area contributed by atoms with Crippen LogP contribution in [-0.4, -0.2) is 106 Å². The normalized spacial score (nSPS) is 23.5. The van der Waals surface area contributed by atoms with E-state index in [0.29, 0.717) is 84.6 Å². The first-order valence-corrected chi connectivity index (χ1v) is 26.3. The summed E-state index contributed by atoms with van der Waals surface area (Å²) in [7, 11) is -3.86. The summed E-state index contributed by atoms with van der Waals surface area (Å²) in [5, 5.41) is 29.6. The number of halogens is 1. The Balaban J connectivity index is 0.773. The largest absolute Gasteiger partial charge is 0.479 e. The highest BCUT2D eigenvalue weighted by atomic mass is 35.5. The molecule has 10 rings (SSSR count). The summed E-state index contributed by atoms with van der Waals surface area (Å²) in [5.41, 5.74) is 3.23. The number of hydrogen-bond donors (Lipinski definition) is 5. The Labute approximate surface area is 418 Å². The molecule has 3 unspecified atom stereocenters. The van der Waals surface area contributed by atoms with Gasteiger partial charge >= 0.3 is 18.0 Å². The molecule has 5 aliphatic heterocycles. The standard InChI is InChI=1S/C51H51ClN6O11S2/c1-50-18-19-51(2,25-33(24-50)53-32-9-4-7-30(23-32)44-42(52)43(69-26-40(60)61)45(70-44)48(64)65)58(50)71(67,68)27-28-6-3-8-31(22-28)54-49(66)56-20-16-29(17-21-56)34-12-13-37-41-35(34)10-5-11-36(41)47(63)57(37)38-14-15-39(59)55-46(38)62/h3-13,22-23,29,33,38,53H,14-21,24-27H2,1-2H3,(H,54,66)(H,60,61)(H,64,65)(H,55,59,62). The smallest absolute Gasteiger partial charge is 0.349 e. The fraction of sp³-hybridized carbons (Fsp3) is 0.373. The van der Waals surface area contributed by atoms with E-state index in [4.69, 9.17) is 21.4 Å². The molecule has 5 amide bonds. The van der Waals surface area contributed by atoms with Crippen LogP contribution in [0, 0.1) is 0 Å². The molecule has 0 spiro atoms. The Hall–Kier alpha value is -6.54. The van der Waals surface area contributed by atoms with Crippen LogP contribution in [0.2, 0.25) is 5.02 Å². The minimum atomic E-state index is -3.86. The summed E-state index contributed by atoms with van der Waals surface area (Å²) < 4.78 is 36.0. The molecule has 6 heterocycles. The molecule has 20 heteroatoms. The highest BCUT2D eigenvalue weighted by Gasteiger charge is 2.60. The van der Waals surface area contributed by atoms with Crippen LogP contribution in [0.5, 0.6) is 5.75 Å². The third-order valence-electron chi connectivity index (χ3n) is 14.7. The number of anilines is 3. The number of piperidine rings is 3. The molecule has 370 valence electrons. The summed E-state index contributed by atoms with van der Waals surface area (Å²) in [6.07, 6.45) is 4.17. The topological polar surface area (TPSA) is 232 Å². The molecule has 0 saturated carbocycles. The predicted molar refractivity (Wildman–Crippen MR) is 268 cm³/mol. The molecule has 4 fully saturated rings. The zero-order chi connectivity index (χ0) is 50.1. The van der Waals surface area contributed by atoms with Gasteiger partial charge in [0.15, 0.2) is 17.2 Å². The van der Waals surface area contributed by atoms with Crippen LogP contribution in [0.25, 0.3) is 21.2 Å². The van der Waals surface area contributed by atoms with Gasteiger partial charge in [0.1, 0.15) is 11.1 Å². The van der Waals surface area contributed by atoms with Gasteiger partial charge in [-0.1, -0.05) is 54.1 Å². The van der Waals surface area contributed by atoms with Crippen LogP contribution in [-0.2, 0) is 30.2 Å². The lowest BCUT2D eigenvalue weighted by Crippen LogP contribution is -2.61. The highest BCUT2D eigenvalue weighted by molar-refractivity contribution is 7.88. The third-order valence-corrected chi connectivity index (χ3v) is 18.5. The van der Waals surface area contributed by atoms with E-state index in [2.05, 4.69) is 16.0 Å². The van der Waals surface area contributed by atoms with Gasteiger partial charge in [0.05, 0.1) is 16.3 Å². The Morgan fingerprint density at radius 2 is 1.61 bits per heavy atom. The number of carbonyl (C=O) groups excluding carboxylic acids is 4. The monoisotopic (exact) mass is 1020 g/mol. The maximum Gasteiger partial charge on any atom is 0.349 e. The van der Waals surface area contributed by atoms with Crippen LogP contribution in [0.1, 0.15) is 102 Å². The second kappa shape index (κ2) is 18.3. The van der Waals surface area contributed by atoms with Crippen LogP contribution in [0.4, 0.5) is 21.9 Å². The number of carboxylic acid groups (broad SMARTS) is 2. The van der Waals surface area contributed by atoms with Crippen molar-refractivity contribution in [3.05, 3.63) is 105 Å². The Bertz CT molecular complexity index is 3170. The number of sulfonamides is 1. The van der Waals surface area contributed by atoms with Gasteiger partial charge in [0, 0.05) is 59.0 Å². The van der Waals surface area contributed by atoms with Gasteiger partial charge in [0.2, 0.25) is 21.8 Å². The number of fused-ring (bicyclic) bond motifs is 2. The molecule has 71 heavy (non-hydrogen) atoms. The predicted octanol–water partition coefficient (Wildman–Crippen LogP) is 8.28. The molecule has 0 aliphatic carbocycles. The Morgan fingerprint density at radius 1 is 0.901 bits per heavy atom. The highest BCUT2D eigenvalue weighted by Crippen LogP contribution is 2.53. The molecule has 5 aliphatic rings. The van der Waals surface area contributed by atoms with E-state index in [9.17, 15) is 42.3 Å². The van der Waals surface area contributed by atoms with Crippen molar-refractivity contribution in [1.82, 2.24) is 14.5 Å². The van der Waals surface area contributed by atoms with Crippen LogP contribution in [0.3, 0.4) is 0 Å². The fourth-order valence-electron chi connectivity index (χ4n) is 11.9. The van der Waals surface area contributed by atoms with Crippen LogP contribution >= 0.6 is 22.9 Å². The van der Waals surface area contributed by atoms with Crippen molar-refractivity contribution >= 4 is 96.5 Å². The van der Waals surface area contributed by atoms with E-state index in [1.54, 1.807) is 51.7 Å². The third kappa shape index (κ3) is 8.86. The average Bonchev–Trinajstić information content (AvgIpc) is 3.87. The van der Waals surface area contributed by atoms with E-state index in [1.165, 1.54) is 4.90 Å². The minimum absolute atomic E-state index is 0.00302. The van der Waals surface area contributed by atoms with E-state index < -0.39 is 51.6 Å². The fourth-order valence-corrected chi connectivity index (χ4v) is 15.7. The molecule has 5 aromatic rings. The van der Waals surface area contributed by atoms with Crippen molar-refractivity contribution in [2.24, 2.45) is 0 Å². The summed E-state index contributed by atoms with van der Waals surface area (Å²) >= 11 is 7.46. The van der Waals surface area contributed by atoms with Gasteiger partial charge in [-0.25, -0.2) is 22.8 Å². The summed E-state index contributed by atoms with van der Waals surface area (Å²) in [5.74, 6) is -3.99. The van der Waals surface area contributed by atoms with E-state index in [0.717, 1.165) is 33.4 Å². The Morgan fingerprint density at radius 3 is 2.31 bits per heavy atom. The number of carbonyl (C=O) groups is 6. The van der Waals surface area contributed by atoms with Crippen molar-refractivity contribution in [1.29, 1.82) is 0 Å². The number of likely N-dealkylation sites (tertiary alicyclic amines) is 1. The van der Waals surface area contributed by atoms with Gasteiger partial charge < -0.3 is 30.5 Å². The lowest BCUT2D eigenvalue weighted by atomic mass is 9.84. The second-order valence-corrected chi connectivity index (χ2v) is 22.9. The number of carboxylic acids is 2. The maximum absolute atomic E-state index is 14.5. The number of ether oxygens (including phenoxy) is 1. The van der Waals surface area contributed by atoms with Crippen LogP contribution in [0.15, 0.2) is 78.9 Å². The van der Waals surface area contributed by atoms with Gasteiger partial charge in [-0.2, -0.15) is 4.31 Å². The number of nitrogens with zero attached hydrogens (tertiary/aromatic N) is 3. The first-order valence-electron chi connectivity index (χ1n) is 23.5. The van der Waals surface area contributed by atoms with Crippen LogP contribution < -0.4 is 25.6 Å². The first kappa shape index (κ1) is 48.1. The van der Waals surface area contributed by atoms with Crippen molar-refractivity contribution in [2.75, 3.05) is 35.2 Å². The quantitative estimate of drug-likeness (QED) is 0.0702. The number of aliphatic carboxylic acids is 1. The van der Waals surface area contributed by atoms with Crippen molar-refractivity contribution < 1.29 is 52.1 Å². The lowest BCUT2D eigenvalue weighted by molar-refractivity contribution is -0.139. The molecule has 5 N–H and O–H groups in total. The molecular weight excluding hydrogens is 972 g/mol. The minimum Gasteiger partial charge on any atom is -0.479 e. The number of benzene rings is 4. The van der Waals surface area contributed by atoms with Crippen molar-refractivity contribution in [3.63, 3.8) is 0 Å². The zero-order valence-electron chi connectivity index (χ0n) is 38.8. The van der Waals surface area contributed by atoms with Crippen molar-refractivity contribution in [3.8, 4) is 16.2 Å². The molecule has 2 bridgehead atoms. The van der Waals surface area contributed by atoms with Gasteiger partial charge in [-0.15, -0.1) is 11.3 Å². The van der Waals surface area contributed by atoms with E-state index in [1.807, 2.05) is 50.2 Å². The molecule has 3 atom stereocenters. The van der Waals surface area contributed by atoms with Gasteiger partial charge in [-0.05, 0) is 123 Å². The maximum atomic E-state index is 14.5. The number of nitrogens with one attached hydrogen (secondary N) is 3. The van der Waals surface area contributed by atoms with Gasteiger partial charge in [-0.3, -0.25) is 24.6 Å². The van der Waals surface area contributed by atoms with E-state index in [-0.39, 0.29) is 64.0 Å². The molecular formula is C51H51ClN6O11S2. The second-order valence-electron chi connectivity index (χ2n) is 19.7. The molecule has 1 aromatic heterocycles.